The van der Waals surface area contributed by atoms with Crippen LogP contribution >= 0.6 is 0 Å². The number of hydrogen-bond acceptors (Lipinski definition) is 2. The fourth-order valence-corrected chi connectivity index (χ4v) is 1.76. The van der Waals surface area contributed by atoms with E-state index < -0.39 is 6.09 Å². The molecule has 4 nitrogen and oxygen atoms in total. The average Bonchev–Trinajstić information content (AvgIpc) is 2.01. The van der Waals surface area contributed by atoms with Crippen molar-refractivity contribution in [2.45, 2.75) is 51.0 Å². The Morgan fingerprint density at radius 2 is 1.62 bits per heavy atom. The van der Waals surface area contributed by atoms with E-state index in [0.29, 0.717) is 6.04 Å². The molecule has 0 aromatic rings. The Balaban J connectivity index is 2.17. The van der Waals surface area contributed by atoms with Crippen molar-refractivity contribution in [3.05, 3.63) is 0 Å². The first-order chi connectivity index (χ1) is 6.29. The van der Waals surface area contributed by atoms with E-state index in [0.717, 1.165) is 12.8 Å². The van der Waals surface area contributed by atoms with Crippen LogP contribution in [0.25, 0.3) is 0 Å². The maximum atomic E-state index is 10.2. The second-order valence-electron chi connectivity index (χ2n) is 3.62. The third kappa shape index (κ3) is 4.72. The van der Waals surface area contributed by atoms with Gasteiger partial charge < -0.3 is 5.11 Å². The molecule has 0 atom stereocenters. The van der Waals surface area contributed by atoms with E-state index in [4.69, 9.17) is 5.11 Å². The van der Waals surface area contributed by atoms with Gasteiger partial charge >= 0.3 is 6.09 Å². The van der Waals surface area contributed by atoms with Gasteiger partial charge in [-0.1, -0.05) is 32.1 Å². The summed E-state index contributed by atoms with van der Waals surface area (Å²) < 4.78 is 0. The summed E-state index contributed by atoms with van der Waals surface area (Å²) in [7, 11) is 0. The lowest BCUT2D eigenvalue weighted by atomic mass is 9.97. The smallest absolute Gasteiger partial charge is 0.419 e. The molecule has 1 aliphatic rings. The van der Waals surface area contributed by atoms with Crippen LogP contribution in [0.15, 0.2) is 0 Å². The molecule has 0 bridgehead atoms. The van der Waals surface area contributed by atoms with Gasteiger partial charge in [0, 0.05) is 6.04 Å². The van der Waals surface area contributed by atoms with Gasteiger partial charge in [-0.15, -0.1) is 0 Å². The molecule has 1 rings (SSSR count). The highest BCUT2D eigenvalue weighted by Crippen LogP contribution is 2.16. The minimum atomic E-state index is -0.998. The first kappa shape index (κ1) is 10.3. The summed E-state index contributed by atoms with van der Waals surface area (Å²) in [6.45, 7) is 0. The van der Waals surface area contributed by atoms with E-state index in [1.807, 2.05) is 0 Å². The van der Waals surface area contributed by atoms with Gasteiger partial charge in [-0.3, -0.25) is 5.43 Å². The molecule has 0 radical (unpaired) electrons. The van der Waals surface area contributed by atoms with Gasteiger partial charge in [0.25, 0.3) is 0 Å². The van der Waals surface area contributed by atoms with E-state index in [9.17, 15) is 4.79 Å². The van der Waals surface area contributed by atoms with Crippen LogP contribution in [0.3, 0.4) is 0 Å². The quantitative estimate of drug-likeness (QED) is 0.577. The molecule has 0 aliphatic heterocycles. The molecule has 0 spiro atoms. The molecule has 76 valence electrons. The molecular weight excluding hydrogens is 168 g/mol. The second-order valence-corrected chi connectivity index (χ2v) is 3.62. The van der Waals surface area contributed by atoms with E-state index in [1.165, 1.54) is 32.1 Å². The summed E-state index contributed by atoms with van der Waals surface area (Å²) in [4.78, 5) is 10.2. The summed E-state index contributed by atoms with van der Waals surface area (Å²) in [6, 6.07) is 0.330. The Bertz CT molecular complexity index is 154. The average molecular weight is 186 g/mol. The topological polar surface area (TPSA) is 61.4 Å². The van der Waals surface area contributed by atoms with E-state index in [1.54, 1.807) is 0 Å². The van der Waals surface area contributed by atoms with Crippen LogP contribution in [0.5, 0.6) is 0 Å². The molecule has 3 N–H and O–H groups in total. The minimum Gasteiger partial charge on any atom is -0.464 e. The molecule has 0 unspecified atom stereocenters. The fraction of sp³-hybridized carbons (Fsp3) is 0.889. The maximum Gasteiger partial charge on any atom is 0.419 e. The Hall–Kier alpha value is -0.770. The number of carbonyl (C=O) groups is 1. The van der Waals surface area contributed by atoms with Crippen molar-refractivity contribution < 1.29 is 9.90 Å². The third-order valence-electron chi connectivity index (χ3n) is 2.49. The number of rotatable bonds is 2. The molecule has 13 heavy (non-hydrogen) atoms. The highest BCUT2D eigenvalue weighted by atomic mass is 16.4. The lowest BCUT2D eigenvalue weighted by Crippen LogP contribution is -2.43. The van der Waals surface area contributed by atoms with E-state index in [2.05, 4.69) is 10.9 Å². The number of nitrogens with one attached hydrogen (secondary N) is 2. The van der Waals surface area contributed by atoms with Gasteiger partial charge in [0.2, 0.25) is 0 Å². The zero-order valence-electron chi connectivity index (χ0n) is 7.88. The van der Waals surface area contributed by atoms with Crippen molar-refractivity contribution in [2.24, 2.45) is 0 Å². The molecule has 0 aromatic carbocycles. The number of hydrazine groups is 1. The van der Waals surface area contributed by atoms with E-state index >= 15 is 0 Å². The monoisotopic (exact) mass is 186 g/mol. The van der Waals surface area contributed by atoms with Gasteiger partial charge in [-0.2, -0.15) is 0 Å². The highest BCUT2D eigenvalue weighted by molar-refractivity contribution is 5.63. The third-order valence-corrected chi connectivity index (χ3v) is 2.49. The van der Waals surface area contributed by atoms with Gasteiger partial charge in [0.1, 0.15) is 0 Å². The first-order valence-electron chi connectivity index (χ1n) is 5.03. The van der Waals surface area contributed by atoms with Crippen molar-refractivity contribution in [2.75, 3.05) is 0 Å². The number of amides is 1. The zero-order chi connectivity index (χ0) is 9.52. The van der Waals surface area contributed by atoms with Crippen LogP contribution in [0.1, 0.15) is 44.9 Å². The maximum absolute atomic E-state index is 10.2. The lowest BCUT2D eigenvalue weighted by molar-refractivity contribution is 0.184. The molecule has 1 fully saturated rings. The van der Waals surface area contributed by atoms with Crippen LogP contribution in [0, 0.1) is 0 Å². The van der Waals surface area contributed by atoms with Gasteiger partial charge in [0.05, 0.1) is 0 Å². The summed E-state index contributed by atoms with van der Waals surface area (Å²) in [5, 5.41) is 8.40. The predicted octanol–water partition coefficient (Wildman–Crippen LogP) is 1.87. The van der Waals surface area contributed by atoms with Crippen molar-refractivity contribution in [1.82, 2.24) is 10.9 Å². The van der Waals surface area contributed by atoms with Crippen molar-refractivity contribution >= 4 is 6.09 Å². The molecule has 1 amide bonds. The van der Waals surface area contributed by atoms with Crippen molar-refractivity contribution in [3.63, 3.8) is 0 Å². The summed E-state index contributed by atoms with van der Waals surface area (Å²) in [5.41, 5.74) is 5.07. The van der Waals surface area contributed by atoms with Gasteiger partial charge in [-0.05, 0) is 12.8 Å². The zero-order valence-corrected chi connectivity index (χ0v) is 7.88. The molecule has 0 saturated heterocycles. The van der Waals surface area contributed by atoms with Gasteiger partial charge in [0.15, 0.2) is 0 Å². The first-order valence-corrected chi connectivity index (χ1v) is 5.03. The molecular formula is C9H18N2O2. The SMILES string of the molecule is O=C(O)NNC1CCCCCCC1. The largest absolute Gasteiger partial charge is 0.464 e. The Labute approximate surface area is 78.7 Å². The summed E-state index contributed by atoms with van der Waals surface area (Å²) in [6.07, 6.45) is 7.48. The lowest BCUT2D eigenvalue weighted by Gasteiger charge is -2.20. The number of carboxylic acid groups (broad SMARTS) is 1. The second kappa shape index (κ2) is 5.80. The Morgan fingerprint density at radius 3 is 2.15 bits per heavy atom. The fourth-order valence-electron chi connectivity index (χ4n) is 1.76. The molecule has 0 aromatic heterocycles. The van der Waals surface area contributed by atoms with Crippen molar-refractivity contribution in [3.8, 4) is 0 Å². The van der Waals surface area contributed by atoms with E-state index in [-0.39, 0.29) is 0 Å². The van der Waals surface area contributed by atoms with Crippen LogP contribution in [0.2, 0.25) is 0 Å². The molecule has 1 aliphatic carbocycles. The Kier molecular flexibility index (Phi) is 4.60. The normalized spacial score (nSPS) is 20.3. The van der Waals surface area contributed by atoms with Crippen LogP contribution in [0.4, 0.5) is 4.79 Å². The molecule has 1 saturated carbocycles. The molecule has 4 heteroatoms. The number of hydrogen-bond donors (Lipinski definition) is 3. The van der Waals surface area contributed by atoms with Crippen LogP contribution in [-0.4, -0.2) is 17.2 Å². The molecule has 0 heterocycles. The summed E-state index contributed by atoms with van der Waals surface area (Å²) >= 11 is 0. The Morgan fingerprint density at radius 1 is 1.08 bits per heavy atom. The highest BCUT2D eigenvalue weighted by Gasteiger charge is 2.10. The van der Waals surface area contributed by atoms with Gasteiger partial charge in [-0.25, -0.2) is 10.2 Å². The van der Waals surface area contributed by atoms with Crippen LogP contribution < -0.4 is 10.9 Å². The predicted molar refractivity (Wildman–Crippen MR) is 50.4 cm³/mol. The van der Waals surface area contributed by atoms with Crippen molar-refractivity contribution in [1.29, 1.82) is 0 Å². The standard InChI is InChI=1S/C9H18N2O2/c12-9(13)11-10-8-6-4-2-1-3-5-7-8/h8,10-11H,1-7H2,(H,12,13). The van der Waals surface area contributed by atoms with Crippen LogP contribution in [-0.2, 0) is 0 Å². The minimum absolute atomic E-state index is 0.330. The summed E-state index contributed by atoms with van der Waals surface area (Å²) in [5.74, 6) is 0.